The summed E-state index contributed by atoms with van der Waals surface area (Å²) in [4.78, 5) is 24.2. The zero-order chi connectivity index (χ0) is 11.0. The van der Waals surface area contributed by atoms with Crippen molar-refractivity contribution >= 4 is 17.8 Å². The molecule has 1 unspecified atom stereocenters. The Morgan fingerprint density at radius 2 is 2.27 bits per heavy atom. The summed E-state index contributed by atoms with van der Waals surface area (Å²) >= 11 is 0. The smallest absolute Gasteiger partial charge is 0.277 e. The van der Waals surface area contributed by atoms with E-state index in [1.165, 1.54) is 4.90 Å². The first-order chi connectivity index (χ1) is 7.08. The van der Waals surface area contributed by atoms with Crippen molar-refractivity contribution in [2.45, 2.75) is 6.92 Å². The van der Waals surface area contributed by atoms with Crippen molar-refractivity contribution in [1.82, 2.24) is 15.1 Å². The second-order valence-electron chi connectivity index (χ2n) is 3.65. The first-order valence-corrected chi connectivity index (χ1v) is 4.70. The van der Waals surface area contributed by atoms with Crippen LogP contribution in [0.1, 0.15) is 6.92 Å². The molecule has 1 N–H and O–H groups in total. The molecule has 0 saturated carbocycles. The fourth-order valence-corrected chi connectivity index (χ4v) is 1.48. The number of hydrogen-bond donors (Lipinski definition) is 1. The molecule has 0 aromatic carbocycles. The number of anilines is 1. The Hall–Kier alpha value is -1.85. The maximum Gasteiger partial charge on any atom is 0.329 e. The fourth-order valence-electron chi connectivity index (χ4n) is 1.48. The van der Waals surface area contributed by atoms with E-state index in [0.717, 1.165) is 0 Å². The summed E-state index contributed by atoms with van der Waals surface area (Å²) in [6.45, 7) is 2.15. The van der Waals surface area contributed by atoms with Crippen LogP contribution in [0.15, 0.2) is 12.3 Å². The molecule has 6 heteroatoms. The van der Waals surface area contributed by atoms with Crippen LogP contribution in [0.3, 0.4) is 0 Å². The van der Waals surface area contributed by atoms with E-state index in [1.54, 1.807) is 30.9 Å². The summed E-state index contributed by atoms with van der Waals surface area (Å²) in [6, 6.07) is 1.33. The van der Waals surface area contributed by atoms with Gasteiger partial charge in [-0.3, -0.25) is 19.7 Å². The monoisotopic (exact) mass is 208 g/mol. The third-order valence-electron chi connectivity index (χ3n) is 2.36. The Morgan fingerprint density at radius 1 is 1.53 bits per heavy atom. The van der Waals surface area contributed by atoms with Crippen LogP contribution in [0, 0.1) is 5.92 Å². The molecule has 2 heterocycles. The average Bonchev–Trinajstić information content (AvgIpc) is 2.58. The number of carbonyl (C=O) groups is 2. The lowest BCUT2D eigenvalue weighted by Crippen LogP contribution is -2.54. The summed E-state index contributed by atoms with van der Waals surface area (Å²) in [6.07, 6.45) is 1.75. The van der Waals surface area contributed by atoms with Crippen LogP contribution in [-0.4, -0.2) is 28.3 Å². The molecule has 1 aliphatic rings. The Kier molecular flexibility index (Phi) is 2.18. The molecule has 3 amide bonds. The van der Waals surface area contributed by atoms with Gasteiger partial charge in [-0.1, -0.05) is 6.92 Å². The maximum absolute atomic E-state index is 11.5. The topological polar surface area (TPSA) is 67.2 Å². The predicted molar refractivity (Wildman–Crippen MR) is 53.3 cm³/mol. The van der Waals surface area contributed by atoms with Gasteiger partial charge in [0.25, 0.3) is 0 Å². The van der Waals surface area contributed by atoms with Gasteiger partial charge in [-0.2, -0.15) is 5.10 Å². The Labute approximate surface area is 86.9 Å². The average molecular weight is 208 g/mol. The SMILES string of the molecule is CC1CN(c2ccn(C)n2)C(=O)NC1=O. The van der Waals surface area contributed by atoms with Gasteiger partial charge in [0.1, 0.15) is 0 Å². The zero-order valence-electron chi connectivity index (χ0n) is 8.60. The highest BCUT2D eigenvalue weighted by molar-refractivity contribution is 6.05. The zero-order valence-corrected chi connectivity index (χ0v) is 8.60. The van der Waals surface area contributed by atoms with E-state index in [2.05, 4.69) is 10.4 Å². The molecular weight excluding hydrogens is 196 g/mol. The van der Waals surface area contributed by atoms with Gasteiger partial charge in [0.15, 0.2) is 5.82 Å². The van der Waals surface area contributed by atoms with Crippen LogP contribution in [-0.2, 0) is 11.8 Å². The van der Waals surface area contributed by atoms with Crippen LogP contribution < -0.4 is 10.2 Å². The minimum atomic E-state index is -0.406. The summed E-state index contributed by atoms with van der Waals surface area (Å²) in [5.41, 5.74) is 0. The molecule has 1 saturated heterocycles. The molecule has 1 aromatic rings. The second-order valence-corrected chi connectivity index (χ2v) is 3.65. The van der Waals surface area contributed by atoms with Crippen molar-refractivity contribution in [1.29, 1.82) is 0 Å². The molecular formula is C9H12N4O2. The minimum absolute atomic E-state index is 0.204. The van der Waals surface area contributed by atoms with Crippen LogP contribution in [0.4, 0.5) is 10.6 Å². The normalized spacial score (nSPS) is 21.7. The quantitative estimate of drug-likeness (QED) is 0.712. The molecule has 0 spiro atoms. The summed E-state index contributed by atoms with van der Waals surface area (Å²) in [5, 5.41) is 6.40. The molecule has 0 aliphatic carbocycles. The maximum atomic E-state index is 11.5. The van der Waals surface area contributed by atoms with E-state index in [0.29, 0.717) is 12.4 Å². The summed E-state index contributed by atoms with van der Waals surface area (Å²) in [5.74, 6) is 0.131. The van der Waals surface area contributed by atoms with E-state index in [4.69, 9.17) is 0 Å². The Morgan fingerprint density at radius 3 is 2.87 bits per heavy atom. The molecule has 1 aromatic heterocycles. The van der Waals surface area contributed by atoms with Crippen LogP contribution in [0.5, 0.6) is 0 Å². The molecule has 2 rings (SSSR count). The number of carbonyl (C=O) groups excluding carboxylic acids is 2. The number of nitrogens with zero attached hydrogens (tertiary/aromatic N) is 3. The van der Waals surface area contributed by atoms with Crippen LogP contribution >= 0.6 is 0 Å². The first-order valence-electron chi connectivity index (χ1n) is 4.70. The third kappa shape index (κ3) is 1.70. The van der Waals surface area contributed by atoms with Gasteiger partial charge in [0.2, 0.25) is 5.91 Å². The number of aryl methyl sites for hydroxylation is 1. The molecule has 6 nitrogen and oxygen atoms in total. The van der Waals surface area contributed by atoms with Crippen molar-refractivity contribution in [2.75, 3.05) is 11.4 Å². The second kappa shape index (κ2) is 3.38. The molecule has 0 radical (unpaired) electrons. The summed E-state index contributed by atoms with van der Waals surface area (Å²) < 4.78 is 1.61. The first kappa shape index (κ1) is 9.70. The predicted octanol–water partition coefficient (Wildman–Crippen LogP) is 0.112. The number of rotatable bonds is 1. The lowest BCUT2D eigenvalue weighted by Gasteiger charge is -2.28. The van der Waals surface area contributed by atoms with Gasteiger partial charge in [0.05, 0.1) is 5.92 Å². The van der Waals surface area contributed by atoms with Gasteiger partial charge in [0, 0.05) is 25.9 Å². The van der Waals surface area contributed by atoms with Crippen LogP contribution in [0.2, 0.25) is 0 Å². The number of hydrogen-bond acceptors (Lipinski definition) is 3. The van der Waals surface area contributed by atoms with E-state index in [-0.39, 0.29) is 11.8 Å². The van der Waals surface area contributed by atoms with E-state index >= 15 is 0 Å². The number of aromatic nitrogens is 2. The van der Waals surface area contributed by atoms with Gasteiger partial charge in [-0.25, -0.2) is 4.79 Å². The molecule has 80 valence electrons. The van der Waals surface area contributed by atoms with Gasteiger partial charge < -0.3 is 0 Å². The van der Waals surface area contributed by atoms with Crippen molar-refractivity contribution in [2.24, 2.45) is 13.0 Å². The van der Waals surface area contributed by atoms with Crippen molar-refractivity contribution in [3.63, 3.8) is 0 Å². The van der Waals surface area contributed by atoms with Crippen molar-refractivity contribution < 1.29 is 9.59 Å². The van der Waals surface area contributed by atoms with Gasteiger partial charge >= 0.3 is 6.03 Å². The molecule has 1 atom stereocenters. The van der Waals surface area contributed by atoms with Crippen molar-refractivity contribution in [3.05, 3.63) is 12.3 Å². The number of urea groups is 1. The third-order valence-corrected chi connectivity index (χ3v) is 2.36. The minimum Gasteiger partial charge on any atom is -0.277 e. The molecule has 1 aliphatic heterocycles. The molecule has 0 bridgehead atoms. The lowest BCUT2D eigenvalue weighted by molar-refractivity contribution is -0.123. The largest absolute Gasteiger partial charge is 0.329 e. The van der Waals surface area contributed by atoms with Crippen molar-refractivity contribution in [3.8, 4) is 0 Å². The number of nitrogens with one attached hydrogen (secondary N) is 1. The van der Waals surface area contributed by atoms with E-state index < -0.39 is 6.03 Å². The lowest BCUT2D eigenvalue weighted by atomic mass is 10.1. The van der Waals surface area contributed by atoms with Crippen LogP contribution in [0.25, 0.3) is 0 Å². The Bertz CT molecular complexity index is 412. The highest BCUT2D eigenvalue weighted by Gasteiger charge is 2.30. The number of imide groups is 1. The highest BCUT2D eigenvalue weighted by atomic mass is 16.2. The summed E-state index contributed by atoms with van der Waals surface area (Å²) in [7, 11) is 1.78. The molecule has 15 heavy (non-hydrogen) atoms. The highest BCUT2D eigenvalue weighted by Crippen LogP contribution is 2.16. The van der Waals surface area contributed by atoms with E-state index in [1.807, 2.05) is 0 Å². The number of amides is 3. The van der Waals surface area contributed by atoms with E-state index in [9.17, 15) is 9.59 Å². The van der Waals surface area contributed by atoms with Gasteiger partial charge in [-0.15, -0.1) is 0 Å². The standard InChI is InChI=1S/C9H12N4O2/c1-6-5-13(9(15)10-8(6)14)7-3-4-12(2)11-7/h3-4,6H,5H2,1-2H3,(H,10,14,15). The van der Waals surface area contributed by atoms with Gasteiger partial charge in [-0.05, 0) is 0 Å². The molecule has 1 fully saturated rings. The fraction of sp³-hybridized carbons (Fsp3) is 0.444. The Balaban J connectivity index is 2.23.